The lowest BCUT2D eigenvalue weighted by atomic mass is 10.0. The van der Waals surface area contributed by atoms with Crippen LogP contribution in [0.5, 0.6) is 0 Å². The van der Waals surface area contributed by atoms with Gasteiger partial charge >= 0.3 is 0 Å². The molecular formula is C10H14ClN3O2S. The van der Waals surface area contributed by atoms with Crippen molar-refractivity contribution in [2.75, 3.05) is 4.72 Å². The van der Waals surface area contributed by atoms with E-state index in [1.165, 1.54) is 12.4 Å². The van der Waals surface area contributed by atoms with Crippen LogP contribution in [0.25, 0.3) is 0 Å². The van der Waals surface area contributed by atoms with Crippen LogP contribution in [0.3, 0.4) is 0 Å². The first-order valence-electron chi connectivity index (χ1n) is 5.57. The number of halogens is 1. The molecule has 0 radical (unpaired) electrons. The Morgan fingerprint density at radius 2 is 1.88 bits per heavy atom. The third kappa shape index (κ3) is 3.29. The Kier molecular flexibility index (Phi) is 3.83. The summed E-state index contributed by atoms with van der Waals surface area (Å²) in [5.41, 5.74) is 0. The predicted octanol–water partition coefficient (Wildman–Crippen LogP) is 2.20. The van der Waals surface area contributed by atoms with Gasteiger partial charge in [-0.3, -0.25) is 4.72 Å². The van der Waals surface area contributed by atoms with E-state index in [2.05, 4.69) is 14.7 Å². The van der Waals surface area contributed by atoms with E-state index >= 15 is 0 Å². The summed E-state index contributed by atoms with van der Waals surface area (Å²) in [5.74, 6) is 0.222. The van der Waals surface area contributed by atoms with E-state index in [1.54, 1.807) is 0 Å². The molecule has 0 bridgehead atoms. The van der Waals surface area contributed by atoms with Crippen LogP contribution in [-0.2, 0) is 10.0 Å². The molecule has 0 unspecified atom stereocenters. The number of anilines is 1. The highest BCUT2D eigenvalue weighted by atomic mass is 35.5. The quantitative estimate of drug-likeness (QED) is 0.918. The van der Waals surface area contributed by atoms with Crippen LogP contribution >= 0.6 is 11.6 Å². The molecule has 1 aromatic rings. The monoisotopic (exact) mass is 275 g/mol. The maximum Gasteiger partial charge on any atom is 0.236 e. The fourth-order valence-corrected chi connectivity index (χ4v) is 3.58. The topological polar surface area (TPSA) is 72.0 Å². The van der Waals surface area contributed by atoms with Gasteiger partial charge in [-0.1, -0.05) is 30.9 Å². The Hall–Kier alpha value is -0.880. The fourth-order valence-electron chi connectivity index (χ4n) is 1.97. The van der Waals surface area contributed by atoms with Crippen molar-refractivity contribution < 1.29 is 8.42 Å². The molecule has 0 saturated heterocycles. The number of rotatable bonds is 3. The van der Waals surface area contributed by atoms with Gasteiger partial charge in [0.25, 0.3) is 0 Å². The summed E-state index contributed by atoms with van der Waals surface area (Å²) in [4.78, 5) is 7.66. The minimum absolute atomic E-state index is 0.222. The van der Waals surface area contributed by atoms with Crippen LogP contribution in [0.2, 0.25) is 5.15 Å². The average molecular weight is 276 g/mol. The lowest BCUT2D eigenvalue weighted by Crippen LogP contribution is -2.30. The van der Waals surface area contributed by atoms with E-state index in [0.717, 1.165) is 32.1 Å². The zero-order valence-corrected chi connectivity index (χ0v) is 10.8. The molecule has 0 amide bonds. The van der Waals surface area contributed by atoms with E-state index in [1.807, 2.05) is 0 Å². The fraction of sp³-hybridized carbons (Fsp3) is 0.600. The molecule has 94 valence electrons. The second-order valence-corrected chi connectivity index (χ2v) is 6.48. The van der Waals surface area contributed by atoms with Gasteiger partial charge in [0.05, 0.1) is 17.6 Å². The molecule has 0 spiro atoms. The molecule has 7 heteroatoms. The van der Waals surface area contributed by atoms with Crippen LogP contribution in [-0.4, -0.2) is 23.6 Å². The molecular weight excluding hydrogens is 262 g/mol. The molecule has 1 aromatic heterocycles. The standard InChI is InChI=1S/C10H14ClN3O2S/c11-9-6-13-10(7-12-9)14-17(15,16)8-4-2-1-3-5-8/h6-8H,1-5H2,(H,13,14). The maximum atomic E-state index is 12.0. The highest BCUT2D eigenvalue weighted by Crippen LogP contribution is 2.24. The summed E-state index contributed by atoms with van der Waals surface area (Å²) in [6, 6.07) is 0. The summed E-state index contributed by atoms with van der Waals surface area (Å²) in [6.07, 6.45) is 7.14. The van der Waals surface area contributed by atoms with Crippen molar-refractivity contribution in [1.82, 2.24) is 9.97 Å². The van der Waals surface area contributed by atoms with Crippen LogP contribution < -0.4 is 4.72 Å². The molecule has 1 fully saturated rings. The summed E-state index contributed by atoms with van der Waals surface area (Å²) in [5, 5.41) is -0.0701. The molecule has 0 atom stereocenters. The van der Waals surface area contributed by atoms with Gasteiger partial charge < -0.3 is 0 Å². The average Bonchev–Trinajstić information content (AvgIpc) is 2.33. The van der Waals surface area contributed by atoms with E-state index in [0.29, 0.717) is 0 Å². The minimum atomic E-state index is -3.34. The van der Waals surface area contributed by atoms with Gasteiger partial charge in [-0.05, 0) is 12.8 Å². The maximum absolute atomic E-state index is 12.0. The van der Waals surface area contributed by atoms with Crippen molar-refractivity contribution in [3.63, 3.8) is 0 Å². The summed E-state index contributed by atoms with van der Waals surface area (Å²) in [6.45, 7) is 0. The van der Waals surface area contributed by atoms with Crippen molar-refractivity contribution in [3.8, 4) is 0 Å². The highest BCUT2D eigenvalue weighted by molar-refractivity contribution is 7.93. The molecule has 0 aromatic carbocycles. The van der Waals surface area contributed by atoms with Crippen molar-refractivity contribution in [1.29, 1.82) is 0 Å². The van der Waals surface area contributed by atoms with E-state index in [9.17, 15) is 8.42 Å². The van der Waals surface area contributed by atoms with Crippen molar-refractivity contribution >= 4 is 27.4 Å². The van der Waals surface area contributed by atoms with Gasteiger partial charge in [0.15, 0.2) is 5.82 Å². The molecule has 2 rings (SSSR count). The summed E-state index contributed by atoms with van der Waals surface area (Å²) < 4.78 is 26.5. The largest absolute Gasteiger partial charge is 0.266 e. The Labute approximate surface area is 106 Å². The first-order chi connectivity index (χ1) is 8.08. The third-order valence-corrected chi connectivity index (χ3v) is 4.90. The van der Waals surface area contributed by atoms with Gasteiger partial charge in [-0.15, -0.1) is 0 Å². The molecule has 1 N–H and O–H groups in total. The van der Waals surface area contributed by atoms with Crippen molar-refractivity contribution in [3.05, 3.63) is 17.5 Å². The Bertz CT molecular complexity index is 469. The molecule has 1 saturated carbocycles. The van der Waals surface area contributed by atoms with Crippen LogP contribution in [0.4, 0.5) is 5.82 Å². The second-order valence-electron chi connectivity index (χ2n) is 4.13. The molecule has 1 heterocycles. The zero-order valence-electron chi connectivity index (χ0n) is 9.26. The third-order valence-electron chi connectivity index (χ3n) is 2.86. The van der Waals surface area contributed by atoms with E-state index in [-0.39, 0.29) is 16.2 Å². The lowest BCUT2D eigenvalue weighted by Gasteiger charge is -2.21. The first kappa shape index (κ1) is 12.6. The van der Waals surface area contributed by atoms with Gasteiger partial charge in [0, 0.05) is 0 Å². The number of nitrogens with one attached hydrogen (secondary N) is 1. The molecule has 5 nitrogen and oxygen atoms in total. The van der Waals surface area contributed by atoms with E-state index < -0.39 is 10.0 Å². The van der Waals surface area contributed by atoms with Crippen LogP contribution in [0.15, 0.2) is 12.4 Å². The van der Waals surface area contributed by atoms with Crippen molar-refractivity contribution in [2.45, 2.75) is 37.4 Å². The van der Waals surface area contributed by atoms with Crippen molar-refractivity contribution in [2.24, 2.45) is 0 Å². The van der Waals surface area contributed by atoms with Gasteiger partial charge in [-0.2, -0.15) is 0 Å². The zero-order chi connectivity index (χ0) is 12.3. The number of sulfonamides is 1. The number of nitrogens with zero attached hydrogens (tertiary/aromatic N) is 2. The SMILES string of the molecule is O=S(=O)(Nc1cnc(Cl)cn1)C1CCCCC1. The smallest absolute Gasteiger partial charge is 0.236 e. The number of aromatic nitrogens is 2. The second kappa shape index (κ2) is 5.18. The highest BCUT2D eigenvalue weighted by Gasteiger charge is 2.27. The minimum Gasteiger partial charge on any atom is -0.266 e. The summed E-state index contributed by atoms with van der Waals surface area (Å²) in [7, 11) is -3.34. The van der Waals surface area contributed by atoms with Gasteiger partial charge in [-0.25, -0.2) is 18.4 Å². The van der Waals surface area contributed by atoms with E-state index in [4.69, 9.17) is 11.6 Å². The summed E-state index contributed by atoms with van der Waals surface area (Å²) >= 11 is 5.58. The molecule has 1 aliphatic carbocycles. The number of hydrogen-bond acceptors (Lipinski definition) is 4. The number of hydrogen-bond donors (Lipinski definition) is 1. The molecule has 0 aliphatic heterocycles. The predicted molar refractivity (Wildman–Crippen MR) is 66.5 cm³/mol. The van der Waals surface area contributed by atoms with Gasteiger partial charge in [0.1, 0.15) is 5.15 Å². The molecule has 1 aliphatic rings. The normalized spacial score (nSPS) is 17.9. The Balaban J connectivity index is 2.08. The molecule has 17 heavy (non-hydrogen) atoms. The first-order valence-corrected chi connectivity index (χ1v) is 7.49. The Morgan fingerprint density at radius 1 is 1.18 bits per heavy atom. The van der Waals surface area contributed by atoms with Crippen LogP contribution in [0.1, 0.15) is 32.1 Å². The lowest BCUT2D eigenvalue weighted by molar-refractivity contribution is 0.486. The Morgan fingerprint density at radius 3 is 2.47 bits per heavy atom. The van der Waals surface area contributed by atoms with Crippen LogP contribution in [0, 0.1) is 0 Å². The van der Waals surface area contributed by atoms with Gasteiger partial charge in [0.2, 0.25) is 10.0 Å².